The zero-order valence-electron chi connectivity index (χ0n) is 13.1. The van der Waals surface area contributed by atoms with Crippen molar-refractivity contribution in [3.05, 3.63) is 29.3 Å². The van der Waals surface area contributed by atoms with Crippen molar-refractivity contribution < 1.29 is 13.5 Å². The van der Waals surface area contributed by atoms with Crippen molar-refractivity contribution >= 4 is 10.0 Å². The van der Waals surface area contributed by atoms with E-state index in [1.54, 1.807) is 29.4 Å². The number of benzene rings is 1. The van der Waals surface area contributed by atoms with Gasteiger partial charge in [0.15, 0.2) is 0 Å². The van der Waals surface area contributed by atoms with Crippen LogP contribution in [0.25, 0.3) is 0 Å². The molecule has 0 aliphatic carbocycles. The number of hydrogen-bond acceptors (Lipinski definition) is 3. The minimum atomic E-state index is -3.47. The van der Waals surface area contributed by atoms with Gasteiger partial charge in [0.2, 0.25) is 10.0 Å². The van der Waals surface area contributed by atoms with Crippen LogP contribution in [-0.4, -0.2) is 30.9 Å². The second kappa shape index (κ2) is 6.07. The third kappa shape index (κ3) is 2.87. The molecule has 1 fully saturated rings. The Morgan fingerprint density at radius 1 is 1.29 bits per heavy atom. The zero-order chi connectivity index (χ0) is 15.7. The molecule has 0 unspecified atom stereocenters. The molecule has 0 amide bonds. The number of aliphatic hydroxyl groups is 1. The molecular weight excluding hydrogens is 286 g/mol. The highest BCUT2D eigenvalue weighted by Crippen LogP contribution is 2.39. The van der Waals surface area contributed by atoms with E-state index in [2.05, 4.69) is 13.8 Å². The molecule has 1 saturated heterocycles. The van der Waals surface area contributed by atoms with Gasteiger partial charge in [0, 0.05) is 13.1 Å². The lowest BCUT2D eigenvalue weighted by atomic mass is 9.82. The molecular formula is C16H25NO3S. The summed E-state index contributed by atoms with van der Waals surface area (Å²) in [6.45, 7) is 7.09. The van der Waals surface area contributed by atoms with Crippen molar-refractivity contribution in [2.24, 2.45) is 5.41 Å². The summed E-state index contributed by atoms with van der Waals surface area (Å²) in [5.41, 5.74) is 1.45. The molecule has 0 bridgehead atoms. The second-order valence-corrected chi connectivity index (χ2v) is 7.90. The molecule has 21 heavy (non-hydrogen) atoms. The van der Waals surface area contributed by atoms with Crippen LogP contribution in [0.1, 0.15) is 44.2 Å². The molecule has 5 heteroatoms. The van der Waals surface area contributed by atoms with Crippen LogP contribution in [0.4, 0.5) is 0 Å². The third-order valence-corrected chi connectivity index (χ3v) is 7.08. The Kier molecular flexibility index (Phi) is 4.76. The van der Waals surface area contributed by atoms with E-state index >= 15 is 0 Å². The number of sulfonamides is 1. The van der Waals surface area contributed by atoms with Crippen molar-refractivity contribution in [1.29, 1.82) is 0 Å². The highest BCUT2D eigenvalue weighted by molar-refractivity contribution is 7.89. The van der Waals surface area contributed by atoms with E-state index in [1.807, 2.05) is 0 Å². The van der Waals surface area contributed by atoms with Crippen LogP contribution in [0.15, 0.2) is 23.1 Å². The van der Waals surface area contributed by atoms with Gasteiger partial charge in [0.1, 0.15) is 0 Å². The predicted octanol–water partition coefficient (Wildman–Crippen LogP) is 2.69. The molecule has 1 aromatic rings. The van der Waals surface area contributed by atoms with Gasteiger partial charge >= 0.3 is 0 Å². The van der Waals surface area contributed by atoms with Crippen molar-refractivity contribution in [1.82, 2.24) is 4.31 Å². The highest BCUT2D eigenvalue weighted by atomic mass is 32.2. The van der Waals surface area contributed by atoms with Crippen molar-refractivity contribution in [2.45, 2.75) is 51.5 Å². The predicted molar refractivity (Wildman–Crippen MR) is 83.5 cm³/mol. The number of nitrogens with zero attached hydrogens (tertiary/aromatic N) is 1. The molecule has 0 radical (unpaired) electrons. The summed E-state index contributed by atoms with van der Waals surface area (Å²) in [5.74, 6) is 0. The molecule has 4 nitrogen and oxygen atoms in total. The maximum absolute atomic E-state index is 12.9. The molecule has 0 aromatic heterocycles. The van der Waals surface area contributed by atoms with Gasteiger partial charge in [-0.2, -0.15) is 4.31 Å². The fraction of sp³-hybridized carbons (Fsp3) is 0.625. The SMILES string of the molecule is CCC1(CC)CCN(S(=O)(=O)c2cccc(CO)c2C)C1. The fourth-order valence-electron chi connectivity index (χ4n) is 3.18. The van der Waals surface area contributed by atoms with Crippen LogP contribution in [-0.2, 0) is 16.6 Å². The summed E-state index contributed by atoms with van der Waals surface area (Å²) in [7, 11) is -3.47. The topological polar surface area (TPSA) is 57.6 Å². The lowest BCUT2D eigenvalue weighted by Crippen LogP contribution is -2.32. The average molecular weight is 311 g/mol. The second-order valence-electron chi connectivity index (χ2n) is 5.99. The van der Waals surface area contributed by atoms with Gasteiger partial charge < -0.3 is 5.11 Å². The summed E-state index contributed by atoms with van der Waals surface area (Å²) in [5, 5.41) is 9.32. The van der Waals surface area contributed by atoms with Gasteiger partial charge in [-0.15, -0.1) is 0 Å². The van der Waals surface area contributed by atoms with Gasteiger partial charge in [-0.3, -0.25) is 0 Å². The zero-order valence-corrected chi connectivity index (χ0v) is 13.9. The van der Waals surface area contributed by atoms with Crippen molar-refractivity contribution in [2.75, 3.05) is 13.1 Å². The van der Waals surface area contributed by atoms with Gasteiger partial charge in [-0.1, -0.05) is 26.0 Å². The first kappa shape index (κ1) is 16.5. The van der Waals surface area contributed by atoms with Crippen LogP contribution >= 0.6 is 0 Å². The summed E-state index contributed by atoms with van der Waals surface area (Å²) in [6, 6.07) is 5.11. The monoisotopic (exact) mass is 311 g/mol. The normalized spacial score (nSPS) is 19.0. The Bertz CT molecular complexity index is 606. The first-order chi connectivity index (χ1) is 9.90. The van der Waals surface area contributed by atoms with Gasteiger partial charge in [0.05, 0.1) is 11.5 Å². The maximum Gasteiger partial charge on any atom is 0.243 e. The molecule has 0 saturated carbocycles. The molecule has 1 aliphatic heterocycles. The van der Waals surface area contributed by atoms with E-state index in [0.29, 0.717) is 29.1 Å². The van der Waals surface area contributed by atoms with E-state index in [4.69, 9.17) is 0 Å². The molecule has 1 aliphatic rings. The van der Waals surface area contributed by atoms with E-state index in [-0.39, 0.29) is 12.0 Å². The molecule has 1 N–H and O–H groups in total. The first-order valence-corrected chi connectivity index (χ1v) is 9.03. The van der Waals surface area contributed by atoms with Gasteiger partial charge in [0.25, 0.3) is 0 Å². The largest absolute Gasteiger partial charge is 0.392 e. The summed E-state index contributed by atoms with van der Waals surface area (Å²) < 4.78 is 27.4. The van der Waals surface area contributed by atoms with E-state index in [0.717, 1.165) is 19.3 Å². The lowest BCUT2D eigenvalue weighted by molar-refractivity contribution is 0.279. The van der Waals surface area contributed by atoms with Crippen LogP contribution in [0, 0.1) is 12.3 Å². The van der Waals surface area contributed by atoms with Crippen LogP contribution in [0.5, 0.6) is 0 Å². The van der Waals surface area contributed by atoms with Gasteiger partial charge in [-0.25, -0.2) is 8.42 Å². The van der Waals surface area contributed by atoms with Crippen LogP contribution in [0.3, 0.4) is 0 Å². The quantitative estimate of drug-likeness (QED) is 0.909. The molecule has 1 aromatic carbocycles. The molecule has 0 spiro atoms. The Labute approximate surface area is 127 Å². The van der Waals surface area contributed by atoms with Gasteiger partial charge in [-0.05, 0) is 48.8 Å². The Hall–Kier alpha value is -0.910. The summed E-state index contributed by atoms with van der Waals surface area (Å²) in [6.07, 6.45) is 2.94. The minimum Gasteiger partial charge on any atom is -0.392 e. The van der Waals surface area contributed by atoms with E-state index in [1.165, 1.54) is 0 Å². The minimum absolute atomic E-state index is 0.121. The van der Waals surface area contributed by atoms with Crippen molar-refractivity contribution in [3.63, 3.8) is 0 Å². The average Bonchev–Trinajstić information content (AvgIpc) is 2.93. The number of rotatable bonds is 5. The van der Waals surface area contributed by atoms with Crippen LogP contribution in [0.2, 0.25) is 0 Å². The van der Waals surface area contributed by atoms with Crippen molar-refractivity contribution in [3.8, 4) is 0 Å². The first-order valence-electron chi connectivity index (χ1n) is 7.59. The summed E-state index contributed by atoms with van der Waals surface area (Å²) in [4.78, 5) is 0.331. The number of aliphatic hydroxyl groups excluding tert-OH is 1. The Morgan fingerprint density at radius 3 is 2.48 bits per heavy atom. The third-order valence-electron chi connectivity index (χ3n) is 5.09. The molecule has 2 rings (SSSR count). The Balaban J connectivity index is 2.36. The van der Waals surface area contributed by atoms with E-state index in [9.17, 15) is 13.5 Å². The molecule has 1 heterocycles. The molecule has 0 atom stereocenters. The fourth-order valence-corrected chi connectivity index (χ4v) is 5.00. The highest BCUT2D eigenvalue weighted by Gasteiger charge is 2.41. The maximum atomic E-state index is 12.9. The smallest absolute Gasteiger partial charge is 0.243 e. The standard InChI is InChI=1S/C16H25NO3S/c1-4-16(5-2)9-10-17(12-16)21(19,20)15-8-6-7-14(11-18)13(15)3/h6-8,18H,4-5,9-12H2,1-3H3. The lowest BCUT2D eigenvalue weighted by Gasteiger charge is -2.26. The molecule has 118 valence electrons. The number of hydrogen-bond donors (Lipinski definition) is 1. The van der Waals surface area contributed by atoms with E-state index < -0.39 is 10.0 Å². The Morgan fingerprint density at radius 2 is 1.95 bits per heavy atom. The van der Waals surface area contributed by atoms with Crippen LogP contribution < -0.4 is 0 Å². The summed E-state index contributed by atoms with van der Waals surface area (Å²) >= 11 is 0.